The normalized spacial score (nSPS) is 20.7. The number of hydrogen-bond acceptors (Lipinski definition) is 5. The lowest BCUT2D eigenvalue weighted by atomic mass is 10.0. The number of furan rings is 1. The van der Waals surface area contributed by atoms with Gasteiger partial charge in [-0.25, -0.2) is 9.37 Å². The highest BCUT2D eigenvalue weighted by Crippen LogP contribution is 2.38. The zero-order valence-electron chi connectivity index (χ0n) is 14.8. The second-order valence-corrected chi connectivity index (χ2v) is 7.27. The van der Waals surface area contributed by atoms with Gasteiger partial charge in [-0.2, -0.15) is 0 Å². The number of anilines is 1. The SMILES string of the molecule is CC#Cc1oc2c(N[C@@H]3CCN(C)C[C@H]3F)cccc2c1-c1cscn1. The van der Waals surface area contributed by atoms with Crippen LogP contribution in [-0.4, -0.2) is 42.2 Å². The third-order valence-electron chi connectivity index (χ3n) is 4.73. The summed E-state index contributed by atoms with van der Waals surface area (Å²) in [6.07, 6.45) is -0.151. The number of fused-ring (bicyclic) bond motifs is 1. The minimum absolute atomic E-state index is 0.217. The predicted molar refractivity (Wildman–Crippen MR) is 104 cm³/mol. The molecule has 0 aliphatic carbocycles. The summed E-state index contributed by atoms with van der Waals surface area (Å²) in [6, 6.07) is 5.68. The number of aromatic nitrogens is 1. The van der Waals surface area contributed by atoms with Crippen LogP contribution in [0.4, 0.5) is 10.1 Å². The molecule has 1 fully saturated rings. The highest BCUT2D eigenvalue weighted by Gasteiger charge is 2.28. The number of rotatable bonds is 3. The van der Waals surface area contributed by atoms with Crippen LogP contribution in [0.15, 0.2) is 33.5 Å². The van der Waals surface area contributed by atoms with E-state index in [1.807, 2.05) is 35.5 Å². The number of halogens is 1. The van der Waals surface area contributed by atoms with Crippen molar-refractivity contribution in [1.29, 1.82) is 0 Å². The van der Waals surface area contributed by atoms with Crippen molar-refractivity contribution in [2.45, 2.75) is 25.6 Å². The standard InChI is InChI=1S/C20H20FN3OS/c1-3-5-18-19(17-11-26-12-22-17)13-6-4-7-16(20(13)25-18)23-15-8-9-24(2)10-14(15)21/h4,6-7,11-12,14-15,23H,8-10H2,1-2H3/t14-,15-/m1/s1. The van der Waals surface area contributed by atoms with Gasteiger partial charge in [-0.05, 0) is 32.4 Å². The molecule has 0 saturated carbocycles. The van der Waals surface area contributed by atoms with E-state index in [0.29, 0.717) is 17.9 Å². The van der Waals surface area contributed by atoms with E-state index in [1.165, 1.54) is 11.3 Å². The maximum atomic E-state index is 14.4. The molecule has 4 nitrogen and oxygen atoms in total. The van der Waals surface area contributed by atoms with Gasteiger partial charge in [0.25, 0.3) is 0 Å². The van der Waals surface area contributed by atoms with Crippen molar-refractivity contribution in [3.05, 3.63) is 34.8 Å². The minimum Gasteiger partial charge on any atom is -0.445 e. The van der Waals surface area contributed by atoms with Crippen LogP contribution in [0, 0.1) is 11.8 Å². The number of piperidine rings is 1. The maximum absolute atomic E-state index is 14.4. The monoisotopic (exact) mass is 369 g/mol. The number of nitrogens with zero attached hydrogens (tertiary/aromatic N) is 2. The van der Waals surface area contributed by atoms with E-state index < -0.39 is 6.17 Å². The lowest BCUT2D eigenvalue weighted by molar-refractivity contribution is 0.149. The molecule has 3 aromatic rings. The summed E-state index contributed by atoms with van der Waals surface area (Å²) in [5, 5.41) is 6.29. The van der Waals surface area contributed by atoms with E-state index >= 15 is 0 Å². The van der Waals surface area contributed by atoms with Crippen molar-refractivity contribution >= 4 is 28.0 Å². The molecular weight excluding hydrogens is 349 g/mol. The molecule has 0 radical (unpaired) electrons. The largest absolute Gasteiger partial charge is 0.445 e. The van der Waals surface area contributed by atoms with Gasteiger partial charge in [0, 0.05) is 23.9 Å². The Balaban J connectivity index is 1.77. The molecule has 1 aliphatic rings. The summed E-state index contributed by atoms with van der Waals surface area (Å²) in [5.41, 5.74) is 5.07. The first-order valence-electron chi connectivity index (χ1n) is 8.63. The van der Waals surface area contributed by atoms with Crippen LogP contribution in [0.3, 0.4) is 0 Å². The van der Waals surface area contributed by atoms with Gasteiger partial charge in [0.15, 0.2) is 11.3 Å². The molecule has 2 atom stereocenters. The molecule has 1 aromatic carbocycles. The average molecular weight is 369 g/mol. The first kappa shape index (κ1) is 17.1. The summed E-state index contributed by atoms with van der Waals surface area (Å²) < 4.78 is 20.5. The molecule has 0 bridgehead atoms. The van der Waals surface area contributed by atoms with E-state index in [-0.39, 0.29) is 6.04 Å². The second kappa shape index (κ2) is 7.10. The molecule has 4 rings (SSSR count). The number of benzene rings is 1. The lowest BCUT2D eigenvalue weighted by Gasteiger charge is -2.33. The maximum Gasteiger partial charge on any atom is 0.187 e. The summed E-state index contributed by atoms with van der Waals surface area (Å²) in [5.74, 6) is 6.54. The van der Waals surface area contributed by atoms with Gasteiger partial charge in [0.1, 0.15) is 6.17 Å². The zero-order valence-corrected chi connectivity index (χ0v) is 15.6. The molecule has 1 saturated heterocycles. The van der Waals surface area contributed by atoms with Crippen molar-refractivity contribution in [1.82, 2.24) is 9.88 Å². The van der Waals surface area contributed by atoms with Crippen LogP contribution in [0.5, 0.6) is 0 Å². The molecule has 0 unspecified atom stereocenters. The fourth-order valence-electron chi connectivity index (χ4n) is 3.44. The van der Waals surface area contributed by atoms with Gasteiger partial charge in [-0.3, -0.25) is 0 Å². The quantitative estimate of drug-likeness (QED) is 0.696. The fourth-order valence-corrected chi connectivity index (χ4v) is 3.99. The van der Waals surface area contributed by atoms with Gasteiger partial charge in [0.2, 0.25) is 0 Å². The van der Waals surface area contributed by atoms with Crippen LogP contribution < -0.4 is 5.32 Å². The Morgan fingerprint density at radius 3 is 3.04 bits per heavy atom. The molecule has 26 heavy (non-hydrogen) atoms. The van der Waals surface area contributed by atoms with Gasteiger partial charge >= 0.3 is 0 Å². The lowest BCUT2D eigenvalue weighted by Crippen LogP contribution is -2.46. The van der Waals surface area contributed by atoms with E-state index in [0.717, 1.165) is 35.3 Å². The van der Waals surface area contributed by atoms with Crippen molar-refractivity contribution in [3.63, 3.8) is 0 Å². The smallest absolute Gasteiger partial charge is 0.187 e. The summed E-state index contributed by atoms with van der Waals surface area (Å²) in [7, 11) is 1.95. The first-order chi connectivity index (χ1) is 12.7. The van der Waals surface area contributed by atoms with Crippen LogP contribution in [0.1, 0.15) is 19.1 Å². The minimum atomic E-state index is -0.910. The van der Waals surface area contributed by atoms with Crippen LogP contribution in [-0.2, 0) is 0 Å². The van der Waals surface area contributed by atoms with Crippen LogP contribution in [0.25, 0.3) is 22.2 Å². The first-order valence-corrected chi connectivity index (χ1v) is 9.57. The van der Waals surface area contributed by atoms with Gasteiger partial charge in [-0.15, -0.1) is 11.3 Å². The van der Waals surface area contributed by atoms with E-state index in [9.17, 15) is 4.39 Å². The van der Waals surface area contributed by atoms with Crippen molar-refractivity contribution in [2.75, 3.05) is 25.5 Å². The number of para-hydroxylation sites is 1. The third kappa shape index (κ3) is 3.09. The van der Waals surface area contributed by atoms with Gasteiger partial charge in [-0.1, -0.05) is 18.1 Å². The van der Waals surface area contributed by atoms with Crippen molar-refractivity contribution in [2.24, 2.45) is 0 Å². The Labute approximate surface area is 156 Å². The number of alkyl halides is 1. The summed E-state index contributed by atoms with van der Waals surface area (Å²) >= 11 is 1.54. The Kier molecular flexibility index (Phi) is 4.66. The van der Waals surface area contributed by atoms with E-state index in [1.54, 1.807) is 12.4 Å². The predicted octanol–water partition coefficient (Wildman–Crippen LogP) is 4.38. The summed E-state index contributed by atoms with van der Waals surface area (Å²) in [4.78, 5) is 6.44. The Bertz CT molecular complexity index is 970. The highest BCUT2D eigenvalue weighted by molar-refractivity contribution is 7.07. The van der Waals surface area contributed by atoms with Gasteiger partial charge < -0.3 is 14.6 Å². The summed E-state index contributed by atoms with van der Waals surface area (Å²) in [6.45, 7) is 3.11. The Morgan fingerprint density at radius 1 is 1.42 bits per heavy atom. The Morgan fingerprint density at radius 2 is 2.31 bits per heavy atom. The molecular formula is C20H20FN3OS. The highest BCUT2D eigenvalue weighted by atomic mass is 32.1. The van der Waals surface area contributed by atoms with Crippen LogP contribution in [0.2, 0.25) is 0 Å². The van der Waals surface area contributed by atoms with Crippen molar-refractivity contribution < 1.29 is 8.81 Å². The molecule has 0 spiro atoms. The average Bonchev–Trinajstić information content (AvgIpc) is 3.25. The van der Waals surface area contributed by atoms with E-state index in [2.05, 4.69) is 22.1 Å². The fraction of sp³-hybridized carbons (Fsp3) is 0.350. The Hall–Kier alpha value is -2.36. The molecule has 6 heteroatoms. The molecule has 1 N–H and O–H groups in total. The molecule has 0 amide bonds. The van der Waals surface area contributed by atoms with E-state index in [4.69, 9.17) is 4.42 Å². The topological polar surface area (TPSA) is 41.3 Å². The zero-order chi connectivity index (χ0) is 18.1. The van der Waals surface area contributed by atoms with Gasteiger partial charge in [0.05, 0.1) is 28.5 Å². The molecule has 1 aliphatic heterocycles. The van der Waals surface area contributed by atoms with Crippen molar-refractivity contribution in [3.8, 4) is 23.1 Å². The molecule has 134 valence electrons. The second-order valence-electron chi connectivity index (χ2n) is 6.55. The number of hydrogen-bond donors (Lipinski definition) is 1. The number of likely N-dealkylation sites (tertiary alicyclic amines) is 1. The third-order valence-corrected chi connectivity index (χ3v) is 5.31. The molecule has 2 aromatic heterocycles. The molecule has 3 heterocycles. The van der Waals surface area contributed by atoms with Crippen LogP contribution >= 0.6 is 11.3 Å². The number of thiazole rings is 1. The number of nitrogens with one attached hydrogen (secondary N) is 1.